The highest BCUT2D eigenvalue weighted by molar-refractivity contribution is 6.30. The van der Waals surface area contributed by atoms with Crippen LogP contribution in [0.5, 0.6) is 11.5 Å². The number of rotatable bonds is 14. The van der Waals surface area contributed by atoms with E-state index in [1.54, 1.807) is 56.7 Å². The number of amides is 2. The number of ether oxygens (including phenoxy) is 2. The van der Waals surface area contributed by atoms with Crippen molar-refractivity contribution in [3.63, 3.8) is 0 Å². The number of halogens is 1. The zero-order chi connectivity index (χ0) is 30.8. The fraction of sp³-hybridized carbons (Fsp3) is 0.312. The zero-order valence-electron chi connectivity index (χ0n) is 24.2. The van der Waals surface area contributed by atoms with Crippen molar-refractivity contribution in [2.45, 2.75) is 38.8 Å². The highest BCUT2D eigenvalue weighted by Crippen LogP contribution is 2.27. The molecule has 11 heteroatoms. The number of nitrogens with zero attached hydrogens (tertiary/aromatic N) is 2. The van der Waals surface area contributed by atoms with Gasteiger partial charge in [-0.1, -0.05) is 41.9 Å². The Labute approximate surface area is 254 Å². The van der Waals surface area contributed by atoms with Gasteiger partial charge in [0, 0.05) is 31.1 Å². The summed E-state index contributed by atoms with van der Waals surface area (Å²) >= 11 is 5.91. The number of fused-ring (bicyclic) bond motifs is 1. The van der Waals surface area contributed by atoms with E-state index < -0.39 is 11.2 Å². The topological polar surface area (TPSA) is 121 Å². The van der Waals surface area contributed by atoms with Crippen molar-refractivity contribution in [1.29, 1.82) is 0 Å². The minimum absolute atomic E-state index is 0.0496. The van der Waals surface area contributed by atoms with Gasteiger partial charge in [0.2, 0.25) is 11.8 Å². The van der Waals surface area contributed by atoms with Crippen LogP contribution in [-0.2, 0) is 35.5 Å². The van der Waals surface area contributed by atoms with E-state index in [9.17, 15) is 19.2 Å². The predicted octanol–water partition coefficient (Wildman–Crippen LogP) is 3.33. The Hall–Kier alpha value is -4.57. The summed E-state index contributed by atoms with van der Waals surface area (Å²) in [4.78, 5) is 51.8. The van der Waals surface area contributed by atoms with Gasteiger partial charge in [0.25, 0.3) is 5.56 Å². The third-order valence-electron chi connectivity index (χ3n) is 7.05. The summed E-state index contributed by atoms with van der Waals surface area (Å²) in [6.07, 6.45) is 1.64. The summed E-state index contributed by atoms with van der Waals surface area (Å²) in [5.41, 5.74) is 1.33. The number of benzene rings is 3. The van der Waals surface area contributed by atoms with Crippen molar-refractivity contribution in [3.8, 4) is 11.5 Å². The summed E-state index contributed by atoms with van der Waals surface area (Å²) < 4.78 is 13.0. The monoisotopic (exact) mass is 606 g/mol. The van der Waals surface area contributed by atoms with Crippen LogP contribution in [0.3, 0.4) is 0 Å². The average molecular weight is 607 g/mol. The molecule has 0 saturated carbocycles. The lowest BCUT2D eigenvalue weighted by Crippen LogP contribution is -2.43. The van der Waals surface area contributed by atoms with E-state index in [-0.39, 0.29) is 37.7 Å². The molecule has 4 aromatic rings. The highest BCUT2D eigenvalue weighted by atomic mass is 35.5. The van der Waals surface area contributed by atoms with E-state index in [0.29, 0.717) is 53.4 Å². The molecule has 4 rings (SSSR count). The third kappa shape index (κ3) is 8.26. The van der Waals surface area contributed by atoms with Crippen molar-refractivity contribution >= 4 is 34.3 Å². The average Bonchev–Trinajstić information content (AvgIpc) is 3.01. The van der Waals surface area contributed by atoms with Crippen molar-refractivity contribution < 1.29 is 19.1 Å². The second-order valence-electron chi connectivity index (χ2n) is 9.96. The van der Waals surface area contributed by atoms with Gasteiger partial charge in [-0.05, 0) is 66.8 Å². The third-order valence-corrected chi connectivity index (χ3v) is 7.30. The smallest absolute Gasteiger partial charge is 0.331 e. The van der Waals surface area contributed by atoms with Crippen LogP contribution in [-0.4, -0.2) is 48.3 Å². The Morgan fingerprint density at radius 1 is 0.791 bits per heavy atom. The molecule has 1 heterocycles. The number of para-hydroxylation sites is 1. The molecule has 0 aliphatic rings. The van der Waals surface area contributed by atoms with E-state index in [1.807, 2.05) is 24.3 Å². The van der Waals surface area contributed by atoms with Crippen LogP contribution in [0.2, 0.25) is 5.02 Å². The van der Waals surface area contributed by atoms with Crippen molar-refractivity contribution in [1.82, 2.24) is 19.8 Å². The maximum absolute atomic E-state index is 13.4. The van der Waals surface area contributed by atoms with E-state index in [2.05, 4.69) is 10.6 Å². The molecule has 0 unspecified atom stereocenters. The zero-order valence-corrected chi connectivity index (χ0v) is 25.0. The van der Waals surface area contributed by atoms with Gasteiger partial charge in [0.05, 0.1) is 25.1 Å². The van der Waals surface area contributed by atoms with Crippen molar-refractivity contribution in [2.75, 3.05) is 27.3 Å². The molecule has 2 amide bonds. The largest absolute Gasteiger partial charge is 0.493 e. The number of aromatic nitrogens is 2. The van der Waals surface area contributed by atoms with Gasteiger partial charge in [-0.2, -0.15) is 0 Å². The molecule has 0 fully saturated rings. The van der Waals surface area contributed by atoms with Gasteiger partial charge < -0.3 is 20.1 Å². The second-order valence-corrected chi connectivity index (χ2v) is 10.4. The molecule has 0 aliphatic heterocycles. The summed E-state index contributed by atoms with van der Waals surface area (Å²) in [5.74, 6) is 0.684. The van der Waals surface area contributed by atoms with Crippen molar-refractivity contribution in [3.05, 3.63) is 104 Å². The minimum Gasteiger partial charge on any atom is -0.493 e. The SMILES string of the molecule is COc1ccc(CCNC(=O)Cn2c(=O)n(CCCC(=O)NCCc3ccc(Cl)cc3)c(=O)c3ccccc32)cc1OC. The molecular weight excluding hydrogens is 572 g/mol. The lowest BCUT2D eigenvalue weighted by Gasteiger charge is -2.14. The van der Waals surface area contributed by atoms with Gasteiger partial charge in [-0.15, -0.1) is 0 Å². The molecule has 0 atom stereocenters. The fourth-order valence-electron chi connectivity index (χ4n) is 4.79. The molecule has 10 nitrogen and oxygen atoms in total. The van der Waals surface area contributed by atoms with E-state index in [0.717, 1.165) is 15.7 Å². The number of carbonyl (C=O) groups excluding carboxylic acids is 2. The number of hydrogen-bond donors (Lipinski definition) is 2. The predicted molar refractivity (Wildman–Crippen MR) is 166 cm³/mol. The molecule has 0 saturated heterocycles. The first kappa shape index (κ1) is 31.4. The summed E-state index contributed by atoms with van der Waals surface area (Å²) in [7, 11) is 3.12. The van der Waals surface area contributed by atoms with Gasteiger partial charge in [0.15, 0.2) is 11.5 Å². The van der Waals surface area contributed by atoms with Crippen LogP contribution >= 0.6 is 11.6 Å². The van der Waals surface area contributed by atoms with Crippen LogP contribution in [0.25, 0.3) is 10.9 Å². The summed E-state index contributed by atoms with van der Waals surface area (Å²) in [6, 6.07) is 19.7. The molecule has 43 heavy (non-hydrogen) atoms. The Kier molecular flexibility index (Phi) is 11.0. The number of hydrogen-bond acceptors (Lipinski definition) is 6. The van der Waals surface area contributed by atoms with Gasteiger partial charge in [-0.25, -0.2) is 4.79 Å². The van der Waals surface area contributed by atoms with Gasteiger partial charge in [0.1, 0.15) is 6.54 Å². The summed E-state index contributed by atoms with van der Waals surface area (Å²) in [6.45, 7) is 0.600. The maximum Gasteiger partial charge on any atom is 0.331 e. The Morgan fingerprint density at radius 3 is 2.16 bits per heavy atom. The van der Waals surface area contributed by atoms with E-state index in [1.165, 1.54) is 4.57 Å². The molecule has 0 aliphatic carbocycles. The molecule has 2 N–H and O–H groups in total. The Balaban J connectivity index is 1.36. The quantitative estimate of drug-likeness (QED) is 0.227. The first-order chi connectivity index (χ1) is 20.8. The molecule has 3 aromatic carbocycles. The molecule has 1 aromatic heterocycles. The number of methoxy groups -OCH3 is 2. The highest BCUT2D eigenvalue weighted by Gasteiger charge is 2.16. The van der Waals surface area contributed by atoms with Crippen LogP contribution in [0.1, 0.15) is 24.0 Å². The van der Waals surface area contributed by atoms with E-state index in [4.69, 9.17) is 21.1 Å². The molecule has 226 valence electrons. The van der Waals surface area contributed by atoms with Crippen LogP contribution < -0.4 is 31.4 Å². The standard InChI is InChI=1S/C32H35ClN4O6/c1-42-27-14-11-23(20-28(27)43-2)16-18-35-30(39)21-37-26-7-4-3-6-25(26)31(40)36(32(37)41)19-5-8-29(38)34-17-15-22-9-12-24(33)13-10-22/h3-4,6-7,9-14,20H,5,8,15-19,21H2,1-2H3,(H,34,38)(H,35,39). The Bertz CT molecular complexity index is 1700. The number of carbonyl (C=O) groups is 2. The minimum atomic E-state index is -0.595. The van der Waals surface area contributed by atoms with Gasteiger partial charge >= 0.3 is 5.69 Å². The molecule has 0 bridgehead atoms. The maximum atomic E-state index is 13.4. The fourth-order valence-corrected chi connectivity index (χ4v) is 4.91. The lowest BCUT2D eigenvalue weighted by molar-refractivity contribution is -0.122. The van der Waals surface area contributed by atoms with Crippen LogP contribution in [0.4, 0.5) is 0 Å². The van der Waals surface area contributed by atoms with Crippen molar-refractivity contribution in [2.24, 2.45) is 0 Å². The first-order valence-electron chi connectivity index (χ1n) is 14.0. The second kappa shape index (κ2) is 15.1. The van der Waals surface area contributed by atoms with Gasteiger partial charge in [-0.3, -0.25) is 23.5 Å². The first-order valence-corrected chi connectivity index (χ1v) is 14.4. The summed E-state index contributed by atoms with van der Waals surface area (Å²) in [5, 5.41) is 6.69. The van der Waals surface area contributed by atoms with Crippen LogP contribution in [0.15, 0.2) is 76.3 Å². The normalized spacial score (nSPS) is 10.9. The molecule has 0 spiro atoms. The van der Waals surface area contributed by atoms with Crippen LogP contribution in [0, 0.1) is 0 Å². The molecular formula is C32H35ClN4O6. The lowest BCUT2D eigenvalue weighted by atomic mass is 10.1. The number of nitrogens with one attached hydrogen (secondary N) is 2. The Morgan fingerprint density at radius 2 is 1.44 bits per heavy atom. The van der Waals surface area contributed by atoms with E-state index >= 15 is 0 Å². The molecule has 0 radical (unpaired) electrons.